The summed E-state index contributed by atoms with van der Waals surface area (Å²) >= 11 is 6.25. The van der Waals surface area contributed by atoms with Crippen LogP contribution < -0.4 is 4.90 Å². The van der Waals surface area contributed by atoms with Crippen molar-refractivity contribution in [1.82, 2.24) is 9.88 Å². The Hall–Kier alpha value is -1.69. The fraction of sp³-hybridized carbons (Fsp3) is 0.421. The fourth-order valence-corrected chi connectivity index (χ4v) is 3.43. The van der Waals surface area contributed by atoms with Crippen LogP contribution in [0.4, 0.5) is 10.1 Å². The first-order valence-electron chi connectivity index (χ1n) is 8.56. The van der Waals surface area contributed by atoms with E-state index in [1.165, 1.54) is 11.8 Å². The van der Waals surface area contributed by atoms with E-state index in [0.717, 1.165) is 49.4 Å². The number of nitrogens with zero attached hydrogens (tertiary/aromatic N) is 3. The molecule has 1 unspecified atom stereocenters. The van der Waals surface area contributed by atoms with Crippen molar-refractivity contribution in [1.29, 1.82) is 0 Å². The van der Waals surface area contributed by atoms with Gasteiger partial charge in [-0.2, -0.15) is 0 Å². The average Bonchev–Trinajstić information content (AvgIpc) is 2.83. The van der Waals surface area contributed by atoms with Gasteiger partial charge in [-0.1, -0.05) is 17.7 Å². The van der Waals surface area contributed by atoms with Crippen molar-refractivity contribution < 1.29 is 9.50 Å². The van der Waals surface area contributed by atoms with E-state index in [0.29, 0.717) is 12.2 Å². The Kier molecular flexibility index (Phi) is 5.89. The lowest BCUT2D eigenvalue weighted by Gasteiger charge is -2.26. The second-order valence-electron chi connectivity index (χ2n) is 6.44. The quantitative estimate of drug-likeness (QED) is 0.903. The predicted molar refractivity (Wildman–Crippen MR) is 98.6 cm³/mol. The van der Waals surface area contributed by atoms with Crippen LogP contribution in [0.3, 0.4) is 0 Å². The number of benzene rings is 1. The first kappa shape index (κ1) is 18.1. The highest BCUT2D eigenvalue weighted by Crippen LogP contribution is 2.27. The zero-order valence-electron chi connectivity index (χ0n) is 14.3. The monoisotopic (exact) mass is 363 g/mol. The number of anilines is 1. The van der Waals surface area contributed by atoms with Gasteiger partial charge in [-0.25, -0.2) is 4.39 Å². The molecule has 1 N–H and O–H groups in total. The Balaban J connectivity index is 1.61. The Bertz CT molecular complexity index is 710. The van der Waals surface area contributed by atoms with Crippen molar-refractivity contribution in [2.24, 2.45) is 0 Å². The molecule has 1 saturated heterocycles. The maximum absolute atomic E-state index is 13.0. The van der Waals surface area contributed by atoms with Gasteiger partial charge < -0.3 is 10.0 Å². The normalized spacial score (nSPS) is 17.4. The summed E-state index contributed by atoms with van der Waals surface area (Å²) in [6.45, 7) is 6.15. The molecule has 0 saturated carbocycles. The maximum atomic E-state index is 13.0. The number of β-amino-alcohol motifs (C(OH)–C–C–N with tert-alkyl or cyclic N) is 1. The van der Waals surface area contributed by atoms with E-state index < -0.39 is 11.9 Å². The highest BCUT2D eigenvalue weighted by Gasteiger charge is 2.20. The molecule has 4 nitrogen and oxygen atoms in total. The van der Waals surface area contributed by atoms with Gasteiger partial charge in [0.25, 0.3) is 0 Å². The number of aliphatic hydroxyl groups excluding tert-OH is 1. The number of aromatic nitrogens is 1. The van der Waals surface area contributed by atoms with Gasteiger partial charge >= 0.3 is 0 Å². The van der Waals surface area contributed by atoms with E-state index in [1.807, 2.05) is 19.1 Å². The molecular formula is C19H23ClFN3O. The molecule has 0 amide bonds. The fourth-order valence-electron chi connectivity index (χ4n) is 3.26. The minimum absolute atomic E-state index is 0.391. The molecule has 6 heteroatoms. The third-order valence-corrected chi connectivity index (χ3v) is 5.10. The van der Waals surface area contributed by atoms with Gasteiger partial charge in [-0.15, -0.1) is 0 Å². The molecule has 1 fully saturated rings. The summed E-state index contributed by atoms with van der Waals surface area (Å²) in [7, 11) is 0. The summed E-state index contributed by atoms with van der Waals surface area (Å²) in [6.07, 6.45) is 1.44. The SMILES string of the molecule is Cc1c(Cl)cccc1N1CCCN(CC(O)c2ccc(F)cn2)CC1. The smallest absolute Gasteiger partial charge is 0.141 e. The zero-order valence-corrected chi connectivity index (χ0v) is 15.1. The van der Waals surface area contributed by atoms with Crippen LogP contribution >= 0.6 is 11.6 Å². The summed E-state index contributed by atoms with van der Waals surface area (Å²) in [6, 6.07) is 8.87. The maximum Gasteiger partial charge on any atom is 0.141 e. The molecule has 1 aliphatic heterocycles. The van der Waals surface area contributed by atoms with Gasteiger partial charge in [0.15, 0.2) is 0 Å². The van der Waals surface area contributed by atoms with Crippen molar-refractivity contribution in [2.45, 2.75) is 19.4 Å². The van der Waals surface area contributed by atoms with Crippen LogP contribution in [0.25, 0.3) is 0 Å². The second kappa shape index (κ2) is 8.13. The van der Waals surface area contributed by atoms with Gasteiger partial charge in [0.2, 0.25) is 0 Å². The van der Waals surface area contributed by atoms with E-state index in [2.05, 4.69) is 20.9 Å². The molecule has 1 aliphatic rings. The lowest BCUT2D eigenvalue weighted by Crippen LogP contribution is -2.33. The average molecular weight is 364 g/mol. The number of pyridine rings is 1. The topological polar surface area (TPSA) is 39.6 Å². The lowest BCUT2D eigenvalue weighted by atomic mass is 10.1. The van der Waals surface area contributed by atoms with Crippen molar-refractivity contribution in [3.63, 3.8) is 0 Å². The van der Waals surface area contributed by atoms with Gasteiger partial charge in [-0.3, -0.25) is 9.88 Å². The Morgan fingerprint density at radius 3 is 2.80 bits per heavy atom. The molecule has 25 heavy (non-hydrogen) atoms. The van der Waals surface area contributed by atoms with Gasteiger partial charge in [0.1, 0.15) is 11.9 Å². The minimum atomic E-state index is -0.708. The van der Waals surface area contributed by atoms with E-state index in [4.69, 9.17) is 11.6 Å². The van der Waals surface area contributed by atoms with Crippen molar-refractivity contribution in [3.8, 4) is 0 Å². The van der Waals surface area contributed by atoms with E-state index in [9.17, 15) is 9.50 Å². The molecule has 3 rings (SSSR count). The third kappa shape index (κ3) is 4.48. The van der Waals surface area contributed by atoms with Crippen LogP contribution in [0.1, 0.15) is 23.8 Å². The number of rotatable bonds is 4. The summed E-state index contributed by atoms with van der Waals surface area (Å²) in [5, 5.41) is 11.1. The largest absolute Gasteiger partial charge is 0.385 e. The molecule has 0 spiro atoms. The van der Waals surface area contributed by atoms with Crippen LogP contribution in [-0.4, -0.2) is 47.7 Å². The molecule has 1 atom stereocenters. The van der Waals surface area contributed by atoms with Gasteiger partial charge in [0, 0.05) is 43.4 Å². The van der Waals surface area contributed by atoms with E-state index in [-0.39, 0.29) is 0 Å². The molecule has 2 aromatic rings. The number of hydrogen-bond acceptors (Lipinski definition) is 4. The summed E-state index contributed by atoms with van der Waals surface area (Å²) in [5.41, 5.74) is 2.79. The van der Waals surface area contributed by atoms with Crippen molar-refractivity contribution in [2.75, 3.05) is 37.6 Å². The molecule has 2 heterocycles. The predicted octanol–water partition coefficient (Wildman–Crippen LogP) is 3.43. The molecule has 0 bridgehead atoms. The molecule has 134 valence electrons. The van der Waals surface area contributed by atoms with Crippen LogP contribution in [0.2, 0.25) is 5.02 Å². The molecular weight excluding hydrogens is 341 g/mol. The summed E-state index contributed by atoms with van der Waals surface area (Å²) in [4.78, 5) is 8.56. The number of hydrogen-bond donors (Lipinski definition) is 1. The van der Waals surface area contributed by atoms with Crippen LogP contribution in [-0.2, 0) is 0 Å². The first-order valence-corrected chi connectivity index (χ1v) is 8.94. The Labute approximate surface area is 152 Å². The Morgan fingerprint density at radius 1 is 1.20 bits per heavy atom. The van der Waals surface area contributed by atoms with Gasteiger partial charge in [-0.05, 0) is 43.2 Å². The van der Waals surface area contributed by atoms with Crippen LogP contribution in [0.5, 0.6) is 0 Å². The van der Waals surface area contributed by atoms with Crippen LogP contribution in [0.15, 0.2) is 36.5 Å². The molecule has 0 radical (unpaired) electrons. The number of halogens is 2. The van der Waals surface area contributed by atoms with E-state index >= 15 is 0 Å². The first-order chi connectivity index (χ1) is 12.0. The van der Waals surface area contributed by atoms with Crippen LogP contribution in [0, 0.1) is 12.7 Å². The second-order valence-corrected chi connectivity index (χ2v) is 6.85. The van der Waals surface area contributed by atoms with Gasteiger partial charge in [0.05, 0.1) is 11.9 Å². The number of aliphatic hydroxyl groups is 1. The Morgan fingerprint density at radius 2 is 2.04 bits per heavy atom. The summed E-state index contributed by atoms with van der Waals surface area (Å²) in [5.74, 6) is -0.391. The van der Waals surface area contributed by atoms with Crippen molar-refractivity contribution in [3.05, 3.63) is 58.6 Å². The minimum Gasteiger partial charge on any atom is -0.385 e. The third-order valence-electron chi connectivity index (χ3n) is 4.69. The molecule has 1 aromatic heterocycles. The molecule has 1 aromatic carbocycles. The standard InChI is InChI=1S/C19H23ClFN3O/c1-14-16(20)4-2-5-18(14)24-9-3-8-23(10-11-24)13-19(25)17-7-6-15(21)12-22-17/h2,4-7,12,19,25H,3,8-11,13H2,1H3. The zero-order chi connectivity index (χ0) is 17.8. The molecule has 0 aliphatic carbocycles. The van der Waals surface area contributed by atoms with E-state index in [1.54, 1.807) is 6.07 Å². The highest BCUT2D eigenvalue weighted by atomic mass is 35.5. The van der Waals surface area contributed by atoms with Crippen molar-refractivity contribution >= 4 is 17.3 Å². The lowest BCUT2D eigenvalue weighted by molar-refractivity contribution is 0.113. The highest BCUT2D eigenvalue weighted by molar-refractivity contribution is 6.31. The summed E-state index contributed by atoms with van der Waals surface area (Å²) < 4.78 is 13.0.